The molecular weight excluding hydrogens is 312 g/mol. The third-order valence-electron chi connectivity index (χ3n) is 3.58. The summed E-state index contributed by atoms with van der Waals surface area (Å²) in [5.74, 6) is 0.470. The van der Waals surface area contributed by atoms with E-state index in [0.717, 1.165) is 22.7 Å². The summed E-state index contributed by atoms with van der Waals surface area (Å²) in [6.45, 7) is 0. The Bertz CT molecular complexity index is 702. The molecule has 1 aromatic heterocycles. The van der Waals surface area contributed by atoms with E-state index in [1.165, 1.54) is 18.1 Å². The molecule has 1 aliphatic carbocycles. The SMILES string of the molecule is COc1ccc(NC2CCc3sc(Cl)cc32)c([N+](=O)[O-])c1. The molecule has 0 aliphatic heterocycles. The van der Waals surface area contributed by atoms with Gasteiger partial charge in [-0.1, -0.05) is 11.6 Å². The summed E-state index contributed by atoms with van der Waals surface area (Å²) in [6, 6.07) is 6.84. The standard InChI is InChI=1S/C14H13ClN2O3S/c1-20-8-2-3-11(12(6-8)17(18)19)16-10-4-5-13-9(10)7-14(15)21-13/h2-3,6-7,10,16H,4-5H2,1H3. The monoisotopic (exact) mass is 324 g/mol. The van der Waals surface area contributed by atoms with Gasteiger partial charge in [0, 0.05) is 4.88 Å². The molecule has 1 atom stereocenters. The first kappa shape index (κ1) is 14.2. The Hall–Kier alpha value is -1.79. The number of fused-ring (bicyclic) bond motifs is 1. The molecular formula is C14H13ClN2O3S. The predicted molar refractivity (Wildman–Crippen MR) is 83.7 cm³/mol. The fourth-order valence-corrected chi connectivity index (χ4v) is 3.94. The topological polar surface area (TPSA) is 64.4 Å². The predicted octanol–water partition coefficient (Wildman–Crippen LogP) is 4.42. The second-order valence-electron chi connectivity index (χ2n) is 4.80. The number of hydrogen-bond donors (Lipinski definition) is 1. The number of methoxy groups -OCH3 is 1. The zero-order valence-corrected chi connectivity index (χ0v) is 12.8. The normalized spacial score (nSPS) is 16.6. The number of anilines is 1. The van der Waals surface area contributed by atoms with Gasteiger partial charge in [-0.3, -0.25) is 10.1 Å². The smallest absolute Gasteiger partial charge is 0.296 e. The van der Waals surface area contributed by atoms with Gasteiger partial charge in [0.05, 0.1) is 28.5 Å². The first-order valence-electron chi connectivity index (χ1n) is 6.45. The van der Waals surface area contributed by atoms with E-state index in [9.17, 15) is 10.1 Å². The lowest BCUT2D eigenvalue weighted by molar-refractivity contribution is -0.384. The lowest BCUT2D eigenvalue weighted by Gasteiger charge is -2.15. The molecule has 21 heavy (non-hydrogen) atoms. The average Bonchev–Trinajstić information content (AvgIpc) is 2.99. The maximum absolute atomic E-state index is 11.2. The molecule has 1 aliphatic rings. The lowest BCUT2D eigenvalue weighted by atomic mass is 10.1. The van der Waals surface area contributed by atoms with Crippen molar-refractivity contribution < 1.29 is 9.66 Å². The maximum atomic E-state index is 11.2. The number of nitrogens with zero attached hydrogens (tertiary/aromatic N) is 1. The summed E-state index contributed by atoms with van der Waals surface area (Å²) in [7, 11) is 1.49. The van der Waals surface area contributed by atoms with E-state index in [1.54, 1.807) is 23.5 Å². The molecule has 7 heteroatoms. The number of ether oxygens (including phenoxy) is 1. The number of nitro groups is 1. The van der Waals surface area contributed by atoms with Crippen LogP contribution in [0.5, 0.6) is 5.75 Å². The summed E-state index contributed by atoms with van der Waals surface area (Å²) in [5, 5.41) is 14.5. The molecule has 0 radical (unpaired) electrons. The van der Waals surface area contributed by atoms with E-state index in [0.29, 0.717) is 11.4 Å². The van der Waals surface area contributed by atoms with Crippen LogP contribution in [-0.4, -0.2) is 12.0 Å². The van der Waals surface area contributed by atoms with Crippen molar-refractivity contribution in [2.24, 2.45) is 0 Å². The number of benzene rings is 1. The van der Waals surface area contributed by atoms with Crippen LogP contribution in [0.4, 0.5) is 11.4 Å². The van der Waals surface area contributed by atoms with E-state index >= 15 is 0 Å². The van der Waals surface area contributed by atoms with Gasteiger partial charge in [-0.05, 0) is 36.6 Å². The molecule has 2 aromatic rings. The Morgan fingerprint density at radius 2 is 2.29 bits per heavy atom. The molecule has 1 N–H and O–H groups in total. The van der Waals surface area contributed by atoms with Gasteiger partial charge in [0.1, 0.15) is 11.4 Å². The molecule has 0 fully saturated rings. The van der Waals surface area contributed by atoms with E-state index in [2.05, 4.69) is 5.32 Å². The Morgan fingerprint density at radius 1 is 1.48 bits per heavy atom. The van der Waals surface area contributed by atoms with Crippen molar-refractivity contribution >= 4 is 34.3 Å². The molecule has 0 saturated heterocycles. The highest BCUT2D eigenvalue weighted by Gasteiger charge is 2.27. The largest absolute Gasteiger partial charge is 0.496 e. The number of nitro benzene ring substituents is 1. The van der Waals surface area contributed by atoms with Crippen molar-refractivity contribution in [1.82, 2.24) is 0 Å². The van der Waals surface area contributed by atoms with Crippen LogP contribution in [0, 0.1) is 10.1 Å². The summed E-state index contributed by atoms with van der Waals surface area (Å²) in [4.78, 5) is 12.1. The van der Waals surface area contributed by atoms with Gasteiger partial charge < -0.3 is 10.1 Å². The molecule has 110 valence electrons. The van der Waals surface area contributed by atoms with Crippen molar-refractivity contribution in [2.75, 3.05) is 12.4 Å². The maximum Gasteiger partial charge on any atom is 0.296 e. The summed E-state index contributed by atoms with van der Waals surface area (Å²) >= 11 is 7.61. The number of nitrogens with one attached hydrogen (secondary N) is 1. The fourth-order valence-electron chi connectivity index (χ4n) is 2.58. The number of hydrogen-bond acceptors (Lipinski definition) is 5. The van der Waals surface area contributed by atoms with Crippen molar-refractivity contribution in [3.63, 3.8) is 0 Å². The van der Waals surface area contributed by atoms with Gasteiger partial charge in [0.25, 0.3) is 5.69 Å². The van der Waals surface area contributed by atoms with Crippen LogP contribution in [-0.2, 0) is 6.42 Å². The number of aryl methyl sites for hydroxylation is 1. The minimum atomic E-state index is -0.401. The Labute approximate surface area is 130 Å². The van der Waals surface area contributed by atoms with Gasteiger partial charge in [-0.2, -0.15) is 0 Å². The van der Waals surface area contributed by atoms with Crippen LogP contribution >= 0.6 is 22.9 Å². The van der Waals surface area contributed by atoms with E-state index < -0.39 is 4.92 Å². The first-order valence-corrected chi connectivity index (χ1v) is 7.65. The molecule has 1 aromatic carbocycles. The highest BCUT2D eigenvalue weighted by Crippen LogP contribution is 2.42. The minimum absolute atomic E-state index is 0.0177. The Kier molecular flexibility index (Phi) is 3.73. The molecule has 1 heterocycles. The van der Waals surface area contributed by atoms with Crippen molar-refractivity contribution in [2.45, 2.75) is 18.9 Å². The summed E-state index contributed by atoms with van der Waals surface area (Å²) < 4.78 is 5.80. The highest BCUT2D eigenvalue weighted by molar-refractivity contribution is 7.16. The molecule has 0 saturated carbocycles. The van der Waals surface area contributed by atoms with Gasteiger partial charge in [0.2, 0.25) is 0 Å². The van der Waals surface area contributed by atoms with Crippen molar-refractivity contribution in [3.8, 4) is 5.75 Å². The summed E-state index contributed by atoms with van der Waals surface area (Å²) in [5.41, 5.74) is 1.67. The zero-order valence-electron chi connectivity index (χ0n) is 11.3. The Balaban J connectivity index is 1.90. The quantitative estimate of drug-likeness (QED) is 0.668. The van der Waals surface area contributed by atoms with Crippen LogP contribution < -0.4 is 10.1 Å². The fraction of sp³-hybridized carbons (Fsp3) is 0.286. The average molecular weight is 325 g/mol. The second-order valence-corrected chi connectivity index (χ2v) is 6.57. The third kappa shape index (κ3) is 2.69. The lowest BCUT2D eigenvalue weighted by Crippen LogP contribution is -2.08. The highest BCUT2D eigenvalue weighted by atomic mass is 35.5. The third-order valence-corrected chi connectivity index (χ3v) is 4.92. The van der Waals surface area contributed by atoms with Gasteiger partial charge >= 0.3 is 0 Å². The summed E-state index contributed by atoms with van der Waals surface area (Å²) in [6.07, 6.45) is 1.87. The van der Waals surface area contributed by atoms with Crippen LogP contribution in [0.3, 0.4) is 0 Å². The van der Waals surface area contributed by atoms with Crippen molar-refractivity contribution in [3.05, 3.63) is 49.2 Å². The van der Waals surface area contributed by atoms with Crippen molar-refractivity contribution in [1.29, 1.82) is 0 Å². The molecule has 5 nitrogen and oxygen atoms in total. The first-order chi connectivity index (χ1) is 10.1. The number of halogens is 1. The zero-order chi connectivity index (χ0) is 15.0. The second kappa shape index (κ2) is 5.54. The molecule has 0 spiro atoms. The van der Waals surface area contributed by atoms with E-state index in [-0.39, 0.29) is 11.7 Å². The van der Waals surface area contributed by atoms with Crippen LogP contribution in [0.25, 0.3) is 0 Å². The van der Waals surface area contributed by atoms with Crippen LogP contribution in [0.1, 0.15) is 22.9 Å². The van der Waals surface area contributed by atoms with Crippen LogP contribution in [0.2, 0.25) is 4.34 Å². The minimum Gasteiger partial charge on any atom is -0.496 e. The van der Waals surface area contributed by atoms with Gasteiger partial charge in [-0.25, -0.2) is 0 Å². The molecule has 0 bridgehead atoms. The number of thiophene rings is 1. The van der Waals surface area contributed by atoms with Gasteiger partial charge in [-0.15, -0.1) is 11.3 Å². The molecule has 3 rings (SSSR count). The van der Waals surface area contributed by atoms with Crippen LogP contribution in [0.15, 0.2) is 24.3 Å². The number of rotatable bonds is 4. The molecule has 0 amide bonds. The molecule has 1 unspecified atom stereocenters. The van der Waals surface area contributed by atoms with Gasteiger partial charge in [0.15, 0.2) is 0 Å². The van der Waals surface area contributed by atoms with E-state index in [1.807, 2.05) is 6.07 Å². The Morgan fingerprint density at radius 3 is 3.00 bits per heavy atom. The van der Waals surface area contributed by atoms with E-state index in [4.69, 9.17) is 16.3 Å².